The number of aromatic nitrogens is 2. The van der Waals surface area contributed by atoms with Gasteiger partial charge >= 0.3 is 0 Å². The normalized spacial score (nSPS) is 27.1. The summed E-state index contributed by atoms with van der Waals surface area (Å²) in [5.41, 5.74) is 7.93. The fraction of sp³-hybridized carbons (Fsp3) is 0.700. The Morgan fingerprint density at radius 1 is 1.43 bits per heavy atom. The van der Waals surface area contributed by atoms with Gasteiger partial charge in [-0.05, 0) is 33.1 Å². The Balaban J connectivity index is 2.36. The molecule has 0 bridgehead atoms. The molecule has 0 aromatic carbocycles. The van der Waals surface area contributed by atoms with Crippen LogP contribution in [0.15, 0.2) is 0 Å². The first kappa shape index (κ1) is 9.52. The number of hydrogen-bond donors (Lipinski definition) is 2. The molecule has 4 nitrogen and oxygen atoms in total. The number of rotatable bonds is 1. The van der Waals surface area contributed by atoms with Crippen LogP contribution >= 0.6 is 0 Å². The van der Waals surface area contributed by atoms with Crippen LogP contribution in [0.4, 0.5) is 5.82 Å². The van der Waals surface area contributed by atoms with Crippen molar-refractivity contribution in [1.29, 1.82) is 0 Å². The summed E-state index contributed by atoms with van der Waals surface area (Å²) >= 11 is 0. The Morgan fingerprint density at radius 3 is 2.57 bits per heavy atom. The first-order valence-corrected chi connectivity index (χ1v) is 5.10. The SMILES string of the molecule is Cc1nn(C2CCCC2O)c(N)c1C. The van der Waals surface area contributed by atoms with Crippen LogP contribution in [0.1, 0.15) is 36.6 Å². The molecule has 0 saturated heterocycles. The summed E-state index contributed by atoms with van der Waals surface area (Å²) in [5.74, 6) is 0.702. The number of hydrogen-bond acceptors (Lipinski definition) is 3. The first-order chi connectivity index (χ1) is 6.61. The van der Waals surface area contributed by atoms with Crippen LogP contribution < -0.4 is 5.73 Å². The maximum Gasteiger partial charge on any atom is 0.125 e. The minimum atomic E-state index is -0.281. The fourth-order valence-corrected chi connectivity index (χ4v) is 2.11. The van der Waals surface area contributed by atoms with Crippen molar-refractivity contribution in [2.24, 2.45) is 0 Å². The molecule has 78 valence electrons. The summed E-state index contributed by atoms with van der Waals surface area (Å²) in [4.78, 5) is 0. The molecule has 1 aliphatic carbocycles. The lowest BCUT2D eigenvalue weighted by Crippen LogP contribution is -2.20. The van der Waals surface area contributed by atoms with Gasteiger partial charge in [0, 0.05) is 5.56 Å². The van der Waals surface area contributed by atoms with Crippen LogP contribution in [0.2, 0.25) is 0 Å². The molecule has 1 saturated carbocycles. The van der Waals surface area contributed by atoms with Gasteiger partial charge in [0.2, 0.25) is 0 Å². The summed E-state index contributed by atoms with van der Waals surface area (Å²) in [7, 11) is 0. The molecule has 1 aromatic rings. The highest BCUT2D eigenvalue weighted by Gasteiger charge is 2.29. The van der Waals surface area contributed by atoms with Crippen molar-refractivity contribution in [2.75, 3.05) is 5.73 Å². The lowest BCUT2D eigenvalue weighted by atomic mass is 10.2. The summed E-state index contributed by atoms with van der Waals surface area (Å²) in [5, 5.41) is 14.1. The summed E-state index contributed by atoms with van der Waals surface area (Å²) in [6.07, 6.45) is 2.62. The van der Waals surface area contributed by atoms with E-state index in [1.807, 2.05) is 13.8 Å². The Morgan fingerprint density at radius 2 is 2.14 bits per heavy atom. The van der Waals surface area contributed by atoms with Crippen LogP contribution in [-0.4, -0.2) is 21.0 Å². The van der Waals surface area contributed by atoms with E-state index >= 15 is 0 Å². The highest BCUT2D eigenvalue weighted by Crippen LogP contribution is 2.32. The van der Waals surface area contributed by atoms with Gasteiger partial charge in [-0.25, -0.2) is 4.68 Å². The van der Waals surface area contributed by atoms with Gasteiger partial charge in [0.25, 0.3) is 0 Å². The van der Waals surface area contributed by atoms with Crippen molar-refractivity contribution in [3.63, 3.8) is 0 Å². The molecule has 1 aliphatic rings. The number of nitrogens with zero attached hydrogens (tertiary/aromatic N) is 2. The van der Waals surface area contributed by atoms with Crippen LogP contribution in [0.3, 0.4) is 0 Å². The molecule has 2 rings (SSSR count). The zero-order valence-electron chi connectivity index (χ0n) is 8.70. The largest absolute Gasteiger partial charge is 0.391 e. The summed E-state index contributed by atoms with van der Waals surface area (Å²) < 4.78 is 1.79. The van der Waals surface area contributed by atoms with E-state index in [9.17, 15) is 5.11 Å². The Kier molecular flexibility index (Phi) is 2.23. The van der Waals surface area contributed by atoms with Crippen molar-refractivity contribution in [2.45, 2.75) is 45.3 Å². The molecule has 0 spiro atoms. The van der Waals surface area contributed by atoms with Gasteiger partial charge in [-0.3, -0.25) is 0 Å². The van der Waals surface area contributed by atoms with E-state index in [1.54, 1.807) is 4.68 Å². The van der Waals surface area contributed by atoms with E-state index in [1.165, 1.54) is 0 Å². The van der Waals surface area contributed by atoms with Gasteiger partial charge in [0.1, 0.15) is 5.82 Å². The van der Waals surface area contributed by atoms with Gasteiger partial charge in [0.05, 0.1) is 17.8 Å². The average molecular weight is 195 g/mol. The maximum atomic E-state index is 9.75. The van der Waals surface area contributed by atoms with E-state index in [0.29, 0.717) is 5.82 Å². The van der Waals surface area contributed by atoms with E-state index in [4.69, 9.17) is 5.73 Å². The second-order valence-corrected chi connectivity index (χ2v) is 4.11. The molecule has 0 aliphatic heterocycles. The Hall–Kier alpha value is -1.03. The highest BCUT2D eigenvalue weighted by molar-refractivity contribution is 5.42. The van der Waals surface area contributed by atoms with Crippen molar-refractivity contribution >= 4 is 5.82 Å². The van der Waals surface area contributed by atoms with Crippen LogP contribution in [0, 0.1) is 13.8 Å². The molecular formula is C10H17N3O. The van der Waals surface area contributed by atoms with Crippen molar-refractivity contribution in [1.82, 2.24) is 9.78 Å². The molecule has 0 radical (unpaired) electrons. The lowest BCUT2D eigenvalue weighted by Gasteiger charge is -2.16. The number of aliphatic hydroxyl groups is 1. The molecule has 2 unspecified atom stereocenters. The minimum absolute atomic E-state index is 0.0856. The Bertz CT molecular complexity index is 345. The zero-order valence-corrected chi connectivity index (χ0v) is 8.70. The van der Waals surface area contributed by atoms with E-state index in [0.717, 1.165) is 30.5 Å². The number of nitrogen functional groups attached to an aromatic ring is 1. The molecule has 14 heavy (non-hydrogen) atoms. The molecule has 1 fully saturated rings. The van der Waals surface area contributed by atoms with Crippen LogP contribution in [0.25, 0.3) is 0 Å². The average Bonchev–Trinajstić information content (AvgIpc) is 2.66. The molecule has 3 N–H and O–H groups in total. The predicted octanol–water partition coefficient (Wildman–Crippen LogP) is 1.17. The van der Waals surface area contributed by atoms with Crippen LogP contribution in [-0.2, 0) is 0 Å². The summed E-state index contributed by atoms with van der Waals surface area (Å²) in [6, 6.07) is 0.0856. The standard InChI is InChI=1S/C10H17N3O/c1-6-7(2)12-13(10(6)11)8-4-3-5-9(8)14/h8-9,14H,3-5,11H2,1-2H3. The molecule has 2 atom stereocenters. The third-order valence-corrected chi connectivity index (χ3v) is 3.19. The van der Waals surface area contributed by atoms with Crippen LogP contribution in [0.5, 0.6) is 0 Å². The quantitative estimate of drug-likeness (QED) is 0.707. The van der Waals surface area contributed by atoms with Gasteiger partial charge in [-0.2, -0.15) is 5.10 Å². The van der Waals surface area contributed by atoms with E-state index in [2.05, 4.69) is 5.10 Å². The number of aryl methyl sites for hydroxylation is 1. The molecular weight excluding hydrogens is 178 g/mol. The van der Waals surface area contributed by atoms with Crippen molar-refractivity contribution in [3.05, 3.63) is 11.3 Å². The lowest BCUT2D eigenvalue weighted by molar-refractivity contribution is 0.131. The van der Waals surface area contributed by atoms with Crippen molar-refractivity contribution in [3.8, 4) is 0 Å². The number of aliphatic hydroxyl groups excluding tert-OH is 1. The van der Waals surface area contributed by atoms with Gasteiger partial charge in [0.15, 0.2) is 0 Å². The molecule has 1 heterocycles. The highest BCUT2D eigenvalue weighted by atomic mass is 16.3. The maximum absolute atomic E-state index is 9.75. The molecule has 4 heteroatoms. The Labute approximate surface area is 83.7 Å². The third kappa shape index (κ3) is 1.30. The second-order valence-electron chi connectivity index (χ2n) is 4.11. The molecule has 1 aromatic heterocycles. The third-order valence-electron chi connectivity index (χ3n) is 3.19. The molecule has 0 amide bonds. The minimum Gasteiger partial charge on any atom is -0.391 e. The zero-order chi connectivity index (χ0) is 10.3. The number of anilines is 1. The number of nitrogens with two attached hydrogens (primary N) is 1. The predicted molar refractivity (Wildman–Crippen MR) is 55.0 cm³/mol. The summed E-state index contributed by atoms with van der Waals surface area (Å²) in [6.45, 7) is 3.92. The van der Waals surface area contributed by atoms with Crippen molar-refractivity contribution < 1.29 is 5.11 Å². The smallest absolute Gasteiger partial charge is 0.125 e. The first-order valence-electron chi connectivity index (χ1n) is 5.10. The van der Waals surface area contributed by atoms with Gasteiger partial charge in [-0.15, -0.1) is 0 Å². The second kappa shape index (κ2) is 3.28. The van der Waals surface area contributed by atoms with Gasteiger partial charge < -0.3 is 10.8 Å². The monoisotopic (exact) mass is 195 g/mol. The van der Waals surface area contributed by atoms with E-state index in [-0.39, 0.29) is 12.1 Å². The topological polar surface area (TPSA) is 64.1 Å². The van der Waals surface area contributed by atoms with E-state index < -0.39 is 0 Å². The van der Waals surface area contributed by atoms with Gasteiger partial charge in [-0.1, -0.05) is 0 Å². The fourth-order valence-electron chi connectivity index (χ4n) is 2.11.